The number of rotatable bonds is 5. The van der Waals surface area contributed by atoms with E-state index in [0.29, 0.717) is 16.3 Å². The number of anilines is 1. The first-order valence-corrected chi connectivity index (χ1v) is 6.66. The molecule has 6 nitrogen and oxygen atoms in total. The van der Waals surface area contributed by atoms with Crippen LogP contribution in [0.3, 0.4) is 0 Å². The molecule has 0 spiro atoms. The largest absolute Gasteiger partial charge is 0.459 e. The molecule has 0 atom stereocenters. The van der Waals surface area contributed by atoms with Gasteiger partial charge in [-0.25, -0.2) is 5.41 Å². The summed E-state index contributed by atoms with van der Waals surface area (Å²) in [6.45, 7) is 5.23. The maximum Gasteiger partial charge on any atom is 0.325 e. The Morgan fingerprint density at radius 1 is 1.38 bits per heavy atom. The Morgan fingerprint density at radius 3 is 2.52 bits per heavy atom. The van der Waals surface area contributed by atoms with Gasteiger partial charge in [0.25, 0.3) is 5.71 Å². The van der Waals surface area contributed by atoms with E-state index in [1.807, 2.05) is 0 Å². The molecule has 0 aliphatic carbocycles. The van der Waals surface area contributed by atoms with E-state index in [1.165, 1.54) is 0 Å². The summed E-state index contributed by atoms with van der Waals surface area (Å²) in [5.74, 6) is -1.19. The van der Waals surface area contributed by atoms with Gasteiger partial charge in [-0.15, -0.1) is 0 Å². The number of hydrogen-bond donors (Lipinski definition) is 3. The van der Waals surface area contributed by atoms with Gasteiger partial charge in [0, 0.05) is 5.02 Å². The Bertz CT molecular complexity index is 579. The third kappa shape index (κ3) is 5.43. The third-order valence-electron chi connectivity index (χ3n) is 2.38. The SMILES string of the molecule is CC(C)(C)OC(=O)CNc1cc(Cl)ccc1C(=[NH2+])C(N)=O. The van der Waals surface area contributed by atoms with Crippen molar-refractivity contribution in [3.63, 3.8) is 0 Å². The van der Waals surface area contributed by atoms with Gasteiger partial charge in [-0.2, -0.15) is 0 Å². The van der Waals surface area contributed by atoms with Crippen molar-refractivity contribution in [3.05, 3.63) is 28.8 Å². The number of carbonyl (C=O) groups is 2. The van der Waals surface area contributed by atoms with E-state index in [9.17, 15) is 9.59 Å². The topological polar surface area (TPSA) is 107 Å². The summed E-state index contributed by atoms with van der Waals surface area (Å²) < 4.78 is 5.17. The third-order valence-corrected chi connectivity index (χ3v) is 2.62. The van der Waals surface area contributed by atoms with Gasteiger partial charge in [0.2, 0.25) is 0 Å². The standard InChI is InChI=1S/C14H18ClN3O3/c1-14(2,3)21-11(19)7-18-10-6-8(15)4-5-9(10)12(16)13(17)20/h4-6,16,18H,7H2,1-3H3,(H2,17,20)/p+1. The zero-order valence-electron chi connectivity index (χ0n) is 12.2. The van der Waals surface area contributed by atoms with E-state index >= 15 is 0 Å². The van der Waals surface area contributed by atoms with Crippen LogP contribution >= 0.6 is 11.6 Å². The van der Waals surface area contributed by atoms with Gasteiger partial charge in [-0.1, -0.05) is 11.6 Å². The molecule has 0 fully saturated rings. The molecule has 0 aromatic heterocycles. The molecular formula is C14H19ClN3O3+. The number of amides is 1. The quantitative estimate of drug-likeness (QED) is 0.530. The summed E-state index contributed by atoms with van der Waals surface area (Å²) in [6, 6.07) is 4.68. The van der Waals surface area contributed by atoms with Crippen molar-refractivity contribution in [3.8, 4) is 0 Å². The van der Waals surface area contributed by atoms with Crippen LogP contribution in [0.4, 0.5) is 5.69 Å². The highest BCUT2D eigenvalue weighted by molar-refractivity contribution is 6.43. The van der Waals surface area contributed by atoms with Crippen LogP contribution in [-0.2, 0) is 14.3 Å². The molecule has 0 heterocycles. The highest BCUT2D eigenvalue weighted by Gasteiger charge is 2.20. The molecule has 0 saturated carbocycles. The lowest BCUT2D eigenvalue weighted by Crippen LogP contribution is -2.48. The predicted octanol–water partition coefficient (Wildman–Crippen LogP) is 0.127. The van der Waals surface area contributed by atoms with Crippen LogP contribution in [0.2, 0.25) is 5.02 Å². The second kappa shape index (κ2) is 6.58. The van der Waals surface area contributed by atoms with Gasteiger partial charge in [-0.3, -0.25) is 9.59 Å². The summed E-state index contributed by atoms with van der Waals surface area (Å²) in [4.78, 5) is 22.9. The summed E-state index contributed by atoms with van der Waals surface area (Å²) in [6.07, 6.45) is 0. The Balaban J connectivity index is 2.87. The molecule has 5 N–H and O–H groups in total. The van der Waals surface area contributed by atoms with Crippen molar-refractivity contribution in [2.75, 3.05) is 11.9 Å². The number of hydrogen-bond acceptors (Lipinski definition) is 4. The molecule has 1 amide bonds. The average molecular weight is 313 g/mol. The monoisotopic (exact) mass is 312 g/mol. The average Bonchev–Trinajstić information content (AvgIpc) is 2.33. The summed E-state index contributed by atoms with van der Waals surface area (Å²) in [5.41, 5.74) is 5.29. The van der Waals surface area contributed by atoms with Crippen molar-refractivity contribution < 1.29 is 19.7 Å². The zero-order valence-corrected chi connectivity index (χ0v) is 13.0. The predicted molar refractivity (Wildman–Crippen MR) is 81.0 cm³/mol. The van der Waals surface area contributed by atoms with Crippen LogP contribution in [0.25, 0.3) is 0 Å². The molecule has 0 saturated heterocycles. The molecule has 1 rings (SSSR count). The number of benzene rings is 1. The normalized spacial score (nSPS) is 10.9. The lowest BCUT2D eigenvalue weighted by molar-refractivity contribution is -0.152. The second-order valence-electron chi connectivity index (χ2n) is 5.41. The maximum absolute atomic E-state index is 11.7. The smallest absolute Gasteiger partial charge is 0.325 e. The lowest BCUT2D eigenvalue weighted by atomic mass is 10.1. The second-order valence-corrected chi connectivity index (χ2v) is 5.84. The first-order valence-electron chi connectivity index (χ1n) is 6.28. The van der Waals surface area contributed by atoms with Crippen LogP contribution in [-0.4, -0.2) is 29.7 Å². The molecular weight excluding hydrogens is 294 g/mol. The molecule has 0 radical (unpaired) electrons. The van der Waals surface area contributed by atoms with Crippen LogP contribution in [0.15, 0.2) is 18.2 Å². The number of esters is 1. The highest BCUT2D eigenvalue weighted by atomic mass is 35.5. The summed E-state index contributed by atoms with van der Waals surface area (Å²) in [7, 11) is 0. The summed E-state index contributed by atoms with van der Waals surface area (Å²) >= 11 is 5.90. The van der Waals surface area contributed by atoms with E-state index in [1.54, 1.807) is 39.0 Å². The minimum atomic E-state index is -0.752. The van der Waals surface area contributed by atoms with E-state index in [2.05, 4.69) is 5.32 Å². The van der Waals surface area contributed by atoms with Crippen LogP contribution in [0.5, 0.6) is 0 Å². The molecule has 7 heteroatoms. The fourth-order valence-corrected chi connectivity index (χ4v) is 1.75. The molecule has 1 aromatic rings. The minimum Gasteiger partial charge on any atom is -0.459 e. The van der Waals surface area contributed by atoms with Gasteiger partial charge in [0.15, 0.2) is 0 Å². The minimum absolute atomic E-state index is 0.0867. The Morgan fingerprint density at radius 2 is 2.00 bits per heavy atom. The van der Waals surface area contributed by atoms with Crippen molar-refractivity contribution in [2.24, 2.45) is 5.73 Å². The first kappa shape index (κ1) is 17.0. The van der Waals surface area contributed by atoms with Crippen LogP contribution in [0, 0.1) is 0 Å². The Labute approximate surface area is 128 Å². The van der Waals surface area contributed by atoms with E-state index in [0.717, 1.165) is 0 Å². The lowest BCUT2D eigenvalue weighted by Gasteiger charge is -2.20. The van der Waals surface area contributed by atoms with Crippen molar-refractivity contribution in [1.82, 2.24) is 0 Å². The van der Waals surface area contributed by atoms with Crippen LogP contribution in [0.1, 0.15) is 26.3 Å². The number of primary amides is 1. The van der Waals surface area contributed by atoms with Gasteiger partial charge in [-0.05, 0) is 39.0 Å². The maximum atomic E-state index is 11.7. The van der Waals surface area contributed by atoms with E-state index in [-0.39, 0.29) is 12.3 Å². The number of halogens is 1. The highest BCUT2D eigenvalue weighted by Crippen LogP contribution is 2.21. The fourth-order valence-electron chi connectivity index (χ4n) is 1.58. The molecule has 1 aromatic carbocycles. The number of ether oxygens (including phenoxy) is 1. The number of nitrogens with two attached hydrogens (primary N) is 2. The van der Waals surface area contributed by atoms with Crippen LogP contribution < -0.4 is 16.5 Å². The molecule has 0 aliphatic rings. The number of nitrogens with one attached hydrogen (secondary N) is 1. The molecule has 21 heavy (non-hydrogen) atoms. The zero-order chi connectivity index (χ0) is 16.2. The van der Waals surface area contributed by atoms with Crippen molar-refractivity contribution in [1.29, 1.82) is 0 Å². The number of carbonyl (C=O) groups excluding carboxylic acids is 2. The van der Waals surface area contributed by atoms with Gasteiger partial charge < -0.3 is 15.8 Å². The van der Waals surface area contributed by atoms with Gasteiger partial charge in [0.1, 0.15) is 12.1 Å². The van der Waals surface area contributed by atoms with Gasteiger partial charge in [0.05, 0.1) is 11.3 Å². The summed E-state index contributed by atoms with van der Waals surface area (Å²) in [5, 5.41) is 8.92. The van der Waals surface area contributed by atoms with E-state index in [4.69, 9.17) is 27.5 Å². The Kier molecular flexibility index (Phi) is 5.32. The molecule has 0 bridgehead atoms. The molecule has 0 aliphatic heterocycles. The molecule has 0 unspecified atom stereocenters. The van der Waals surface area contributed by atoms with Crippen molar-refractivity contribution in [2.45, 2.75) is 26.4 Å². The fraction of sp³-hybridized carbons (Fsp3) is 0.357. The van der Waals surface area contributed by atoms with E-state index < -0.39 is 17.5 Å². The van der Waals surface area contributed by atoms with Gasteiger partial charge >= 0.3 is 11.9 Å². The Hall–Kier alpha value is -2.08. The van der Waals surface area contributed by atoms with Crippen molar-refractivity contribution >= 4 is 34.9 Å². The first-order chi connectivity index (χ1) is 9.60. The molecule has 114 valence electrons.